The minimum Gasteiger partial charge on any atom is -0.481 e. The second kappa shape index (κ2) is 19.4. The van der Waals surface area contributed by atoms with Crippen LogP contribution in [0.4, 0.5) is 0 Å². The molecule has 0 aromatic heterocycles. The number of carbonyl (C=O) groups excluding carboxylic acids is 2. The Kier molecular flexibility index (Phi) is 18.4. The average Bonchev–Trinajstić information content (AvgIpc) is 2.68. The van der Waals surface area contributed by atoms with Gasteiger partial charge in [-0.25, -0.2) is 0 Å². The van der Waals surface area contributed by atoms with Crippen LogP contribution in [0.15, 0.2) is 0 Å². The number of carbonyl (C=O) groups is 3. The van der Waals surface area contributed by atoms with Crippen molar-refractivity contribution in [3.8, 4) is 0 Å². The first kappa shape index (κ1) is 28.4. The molecule has 30 heavy (non-hydrogen) atoms. The van der Waals surface area contributed by atoms with E-state index in [9.17, 15) is 14.4 Å². The zero-order chi connectivity index (χ0) is 22.6. The van der Waals surface area contributed by atoms with Gasteiger partial charge >= 0.3 is 5.97 Å². The van der Waals surface area contributed by atoms with Gasteiger partial charge in [0.1, 0.15) is 6.04 Å². The molecule has 0 aliphatic heterocycles. The van der Waals surface area contributed by atoms with Crippen molar-refractivity contribution in [2.75, 3.05) is 6.54 Å². The number of carboxylic acids is 1. The minimum atomic E-state index is -0.786. The Bertz CT molecular complexity index is 466. The molecule has 0 unspecified atom stereocenters. The number of unbranched alkanes of at least 4 members (excludes halogenated alkanes) is 10. The molecule has 0 bridgehead atoms. The summed E-state index contributed by atoms with van der Waals surface area (Å²) in [5, 5.41) is 14.4. The van der Waals surface area contributed by atoms with Crippen LogP contribution in [0.2, 0.25) is 0 Å². The van der Waals surface area contributed by atoms with Gasteiger partial charge in [0, 0.05) is 19.4 Å². The SMILES string of the molecule is CCCCCCCCCCCC(=O)N[C@@H](CC(C)C)C(=O)NCCCCCC(=O)O. The van der Waals surface area contributed by atoms with E-state index in [2.05, 4.69) is 17.6 Å². The van der Waals surface area contributed by atoms with Crippen molar-refractivity contribution in [2.24, 2.45) is 5.92 Å². The summed E-state index contributed by atoms with van der Waals surface area (Å²) in [5.74, 6) is -0.655. The van der Waals surface area contributed by atoms with Crippen molar-refractivity contribution in [2.45, 2.75) is 123 Å². The molecule has 0 radical (unpaired) electrons. The first-order valence-electron chi connectivity index (χ1n) is 12.2. The molecule has 0 aliphatic carbocycles. The van der Waals surface area contributed by atoms with Gasteiger partial charge in [-0.2, -0.15) is 0 Å². The van der Waals surface area contributed by atoms with Gasteiger partial charge in [-0.1, -0.05) is 78.6 Å². The van der Waals surface area contributed by atoms with E-state index in [-0.39, 0.29) is 18.2 Å². The summed E-state index contributed by atoms with van der Waals surface area (Å²) in [6.07, 6.45) is 14.3. The fraction of sp³-hybridized carbons (Fsp3) is 0.875. The zero-order valence-corrected chi connectivity index (χ0v) is 19.6. The fourth-order valence-corrected chi connectivity index (χ4v) is 3.48. The van der Waals surface area contributed by atoms with Gasteiger partial charge in [0.25, 0.3) is 0 Å². The number of hydrogen-bond donors (Lipinski definition) is 3. The molecule has 176 valence electrons. The number of carboxylic acid groups (broad SMARTS) is 1. The summed E-state index contributed by atoms with van der Waals surface area (Å²) in [7, 11) is 0. The monoisotopic (exact) mass is 426 g/mol. The second-order valence-corrected chi connectivity index (χ2v) is 8.82. The van der Waals surface area contributed by atoms with Crippen LogP contribution in [0.25, 0.3) is 0 Å². The standard InChI is InChI=1S/C24H46N2O4/c1-4-5-6-7-8-9-10-11-13-16-22(27)26-21(19-20(2)3)24(30)25-18-15-12-14-17-23(28)29/h20-21H,4-19H2,1-3H3,(H,25,30)(H,26,27)(H,28,29)/t21-/m0/s1. The molecule has 0 aliphatic rings. The summed E-state index contributed by atoms with van der Waals surface area (Å²) in [4.78, 5) is 35.2. The third kappa shape index (κ3) is 18.4. The fourth-order valence-electron chi connectivity index (χ4n) is 3.48. The van der Waals surface area contributed by atoms with E-state index in [1.54, 1.807) is 0 Å². The lowest BCUT2D eigenvalue weighted by atomic mass is 10.0. The average molecular weight is 427 g/mol. The van der Waals surface area contributed by atoms with Gasteiger partial charge < -0.3 is 15.7 Å². The molecule has 3 N–H and O–H groups in total. The maximum atomic E-state index is 12.5. The van der Waals surface area contributed by atoms with Crippen LogP contribution < -0.4 is 10.6 Å². The normalized spacial score (nSPS) is 12.0. The Balaban J connectivity index is 4.00. The van der Waals surface area contributed by atoms with Crippen molar-refractivity contribution in [1.29, 1.82) is 0 Å². The number of rotatable bonds is 20. The van der Waals surface area contributed by atoms with Crippen molar-refractivity contribution >= 4 is 17.8 Å². The van der Waals surface area contributed by atoms with Crippen LogP contribution in [-0.4, -0.2) is 35.5 Å². The number of aliphatic carboxylic acids is 1. The summed E-state index contributed by atoms with van der Waals surface area (Å²) >= 11 is 0. The lowest BCUT2D eigenvalue weighted by Crippen LogP contribution is -2.47. The molecule has 6 heteroatoms. The van der Waals surface area contributed by atoms with Crippen molar-refractivity contribution in [3.63, 3.8) is 0 Å². The van der Waals surface area contributed by atoms with Gasteiger partial charge in [-0.15, -0.1) is 0 Å². The topological polar surface area (TPSA) is 95.5 Å². The third-order valence-corrected chi connectivity index (χ3v) is 5.23. The number of hydrogen-bond acceptors (Lipinski definition) is 3. The van der Waals surface area contributed by atoms with E-state index in [4.69, 9.17) is 5.11 Å². The van der Waals surface area contributed by atoms with E-state index in [1.165, 1.54) is 44.9 Å². The van der Waals surface area contributed by atoms with E-state index in [0.717, 1.165) is 25.7 Å². The summed E-state index contributed by atoms with van der Waals surface area (Å²) in [5.41, 5.74) is 0. The molecule has 1 atom stereocenters. The van der Waals surface area contributed by atoms with Crippen LogP contribution in [-0.2, 0) is 14.4 Å². The minimum absolute atomic E-state index is 0.0415. The molecule has 0 saturated carbocycles. The molecule has 0 saturated heterocycles. The van der Waals surface area contributed by atoms with Gasteiger partial charge in [-0.3, -0.25) is 14.4 Å². The van der Waals surface area contributed by atoms with E-state index < -0.39 is 12.0 Å². The van der Waals surface area contributed by atoms with Crippen molar-refractivity contribution < 1.29 is 19.5 Å². The lowest BCUT2D eigenvalue weighted by molar-refractivity contribution is -0.137. The van der Waals surface area contributed by atoms with Crippen molar-refractivity contribution in [1.82, 2.24) is 10.6 Å². The Morgan fingerprint density at radius 2 is 1.30 bits per heavy atom. The molecule has 6 nitrogen and oxygen atoms in total. The maximum absolute atomic E-state index is 12.5. The van der Waals surface area contributed by atoms with Gasteiger partial charge in [0.05, 0.1) is 0 Å². The first-order valence-corrected chi connectivity index (χ1v) is 12.2. The lowest BCUT2D eigenvalue weighted by Gasteiger charge is -2.20. The summed E-state index contributed by atoms with van der Waals surface area (Å²) in [6.45, 7) is 6.82. The molecule has 0 aromatic rings. The maximum Gasteiger partial charge on any atom is 0.303 e. The molecule has 0 aromatic carbocycles. The molecular formula is C24H46N2O4. The molecule has 0 rings (SSSR count). The molecule has 0 spiro atoms. The van der Waals surface area contributed by atoms with Gasteiger partial charge in [0.2, 0.25) is 11.8 Å². The van der Waals surface area contributed by atoms with E-state index in [0.29, 0.717) is 31.7 Å². The highest BCUT2D eigenvalue weighted by molar-refractivity contribution is 5.87. The van der Waals surface area contributed by atoms with Crippen LogP contribution >= 0.6 is 0 Å². The van der Waals surface area contributed by atoms with Gasteiger partial charge in [-0.05, 0) is 31.6 Å². The molecule has 2 amide bonds. The Morgan fingerprint density at radius 3 is 1.87 bits per heavy atom. The molecule has 0 fully saturated rings. The molecule has 0 heterocycles. The number of nitrogens with one attached hydrogen (secondary N) is 2. The Labute approximate surface area is 184 Å². The van der Waals surface area contributed by atoms with Crippen LogP contribution in [0, 0.1) is 5.92 Å². The molecular weight excluding hydrogens is 380 g/mol. The first-order chi connectivity index (χ1) is 14.4. The smallest absolute Gasteiger partial charge is 0.303 e. The van der Waals surface area contributed by atoms with Gasteiger partial charge in [0.15, 0.2) is 0 Å². The van der Waals surface area contributed by atoms with Crippen LogP contribution in [0.1, 0.15) is 117 Å². The Hall–Kier alpha value is -1.59. The predicted molar refractivity (Wildman–Crippen MR) is 122 cm³/mol. The number of amides is 2. The quantitative estimate of drug-likeness (QED) is 0.233. The van der Waals surface area contributed by atoms with E-state index in [1.807, 2.05) is 13.8 Å². The highest BCUT2D eigenvalue weighted by atomic mass is 16.4. The van der Waals surface area contributed by atoms with Crippen LogP contribution in [0.5, 0.6) is 0 Å². The summed E-state index contributed by atoms with van der Waals surface area (Å²) < 4.78 is 0. The predicted octanol–water partition coefficient (Wildman–Crippen LogP) is 5.20. The Morgan fingerprint density at radius 1 is 0.767 bits per heavy atom. The largest absolute Gasteiger partial charge is 0.481 e. The summed E-state index contributed by atoms with van der Waals surface area (Å²) in [6, 6.07) is -0.491. The van der Waals surface area contributed by atoms with E-state index >= 15 is 0 Å². The second-order valence-electron chi connectivity index (χ2n) is 8.82. The van der Waals surface area contributed by atoms with Crippen molar-refractivity contribution in [3.05, 3.63) is 0 Å². The highest BCUT2D eigenvalue weighted by Crippen LogP contribution is 2.11. The third-order valence-electron chi connectivity index (χ3n) is 5.23. The zero-order valence-electron chi connectivity index (χ0n) is 19.6. The highest BCUT2D eigenvalue weighted by Gasteiger charge is 2.21. The van der Waals surface area contributed by atoms with Crippen LogP contribution in [0.3, 0.4) is 0 Å².